The van der Waals surface area contributed by atoms with Gasteiger partial charge in [0.05, 0.1) is 98.4 Å². The molecule has 9 heteroatoms. The predicted octanol–water partition coefficient (Wildman–Crippen LogP) is 2.00. The van der Waals surface area contributed by atoms with E-state index < -0.39 is 0 Å². The Morgan fingerprint density at radius 1 is 0.559 bits per heavy atom. The zero-order chi connectivity index (χ0) is 23.7. The quantitative estimate of drug-likeness (QED) is 0.515. The van der Waals surface area contributed by atoms with Crippen LogP contribution < -0.4 is 0 Å². The Bertz CT molecular complexity index is 684. The fraction of sp³-hybridized carbons (Fsp3) is 0.720. The minimum atomic E-state index is -0.162. The lowest BCUT2D eigenvalue weighted by molar-refractivity contribution is -0.147. The van der Waals surface area contributed by atoms with Gasteiger partial charge in [0.25, 0.3) is 0 Å². The van der Waals surface area contributed by atoms with E-state index in [1.165, 1.54) is 0 Å². The Labute approximate surface area is 201 Å². The van der Waals surface area contributed by atoms with Crippen molar-refractivity contribution in [1.29, 1.82) is 0 Å². The summed E-state index contributed by atoms with van der Waals surface area (Å²) in [4.78, 5) is 12.4. The van der Waals surface area contributed by atoms with Gasteiger partial charge in [0.1, 0.15) is 6.61 Å². The van der Waals surface area contributed by atoms with E-state index in [-0.39, 0.29) is 24.4 Å². The van der Waals surface area contributed by atoms with Gasteiger partial charge < -0.3 is 37.9 Å². The van der Waals surface area contributed by atoms with E-state index in [1.54, 1.807) is 0 Å². The van der Waals surface area contributed by atoms with Crippen LogP contribution in [0.15, 0.2) is 24.3 Å². The van der Waals surface area contributed by atoms with Gasteiger partial charge in [-0.1, -0.05) is 24.3 Å². The maximum Gasteiger partial charge on any atom is 0.309 e. The first-order chi connectivity index (χ1) is 16.8. The number of carbonyl (C=O) groups is 1. The molecule has 0 aromatic heterocycles. The number of fused-ring (bicyclic) bond motifs is 2. The van der Waals surface area contributed by atoms with Crippen molar-refractivity contribution in [3.63, 3.8) is 0 Å². The number of esters is 1. The molecule has 9 nitrogen and oxygen atoms in total. The molecule has 1 aliphatic heterocycles. The largest absolute Gasteiger partial charge is 0.461 e. The van der Waals surface area contributed by atoms with Crippen LogP contribution in [0.25, 0.3) is 0 Å². The molecule has 0 N–H and O–H groups in total. The third-order valence-corrected chi connectivity index (χ3v) is 5.54. The SMILES string of the molecule is O=C1OCc2ccccc2COCCOCCOCCOCCOCCOCCOC[C@@H]2C[C@H]12. The van der Waals surface area contributed by atoms with Gasteiger partial charge in [0.2, 0.25) is 0 Å². The van der Waals surface area contributed by atoms with Crippen molar-refractivity contribution in [2.75, 3.05) is 85.9 Å². The Morgan fingerprint density at radius 2 is 1.00 bits per heavy atom. The summed E-state index contributed by atoms with van der Waals surface area (Å²) < 4.78 is 44.3. The molecule has 3 rings (SSSR count). The highest BCUT2D eigenvalue weighted by Crippen LogP contribution is 2.39. The molecule has 1 saturated carbocycles. The van der Waals surface area contributed by atoms with Crippen LogP contribution in [-0.4, -0.2) is 91.9 Å². The summed E-state index contributed by atoms with van der Waals surface area (Å²) >= 11 is 0. The second-order valence-corrected chi connectivity index (χ2v) is 8.17. The Morgan fingerprint density at radius 3 is 1.53 bits per heavy atom. The summed E-state index contributed by atoms with van der Waals surface area (Å²) in [5, 5.41) is 0. The first-order valence-electron chi connectivity index (χ1n) is 12.1. The van der Waals surface area contributed by atoms with Crippen molar-refractivity contribution in [2.45, 2.75) is 19.6 Å². The predicted molar refractivity (Wildman–Crippen MR) is 122 cm³/mol. The second kappa shape index (κ2) is 16.9. The molecule has 1 fully saturated rings. The third-order valence-electron chi connectivity index (χ3n) is 5.54. The van der Waals surface area contributed by atoms with Crippen LogP contribution in [-0.2, 0) is 55.9 Å². The molecule has 1 heterocycles. The first kappa shape index (κ1) is 27.0. The molecule has 1 aromatic carbocycles. The van der Waals surface area contributed by atoms with E-state index in [2.05, 4.69) is 0 Å². The summed E-state index contributed by atoms with van der Waals surface area (Å²) in [6, 6.07) is 7.84. The first-order valence-corrected chi connectivity index (χ1v) is 12.1. The lowest BCUT2D eigenvalue weighted by Gasteiger charge is -2.11. The number of cyclic esters (lactones) is 1. The molecular weight excluding hydrogens is 444 g/mol. The normalized spacial score (nSPS) is 26.2. The van der Waals surface area contributed by atoms with Crippen molar-refractivity contribution in [3.05, 3.63) is 35.4 Å². The van der Waals surface area contributed by atoms with E-state index in [1.807, 2.05) is 24.3 Å². The van der Waals surface area contributed by atoms with Crippen molar-refractivity contribution in [2.24, 2.45) is 11.8 Å². The fourth-order valence-electron chi connectivity index (χ4n) is 3.45. The second-order valence-electron chi connectivity index (χ2n) is 8.17. The molecule has 0 bridgehead atoms. The zero-order valence-electron chi connectivity index (χ0n) is 20.0. The molecule has 2 aliphatic rings. The number of hydrogen-bond acceptors (Lipinski definition) is 9. The molecule has 1 aromatic rings. The molecule has 192 valence electrons. The molecular formula is C25H38O9. The third kappa shape index (κ3) is 11.2. The molecule has 0 spiro atoms. The molecule has 0 radical (unpaired) electrons. The highest BCUT2D eigenvalue weighted by Gasteiger charge is 2.44. The minimum Gasteiger partial charge on any atom is -0.461 e. The maximum absolute atomic E-state index is 12.4. The van der Waals surface area contributed by atoms with E-state index in [4.69, 9.17) is 37.9 Å². The maximum atomic E-state index is 12.4. The monoisotopic (exact) mass is 482 g/mol. The van der Waals surface area contributed by atoms with Gasteiger partial charge in [-0.2, -0.15) is 0 Å². The summed E-state index contributed by atoms with van der Waals surface area (Å²) in [6.07, 6.45) is 0.811. The van der Waals surface area contributed by atoms with Crippen molar-refractivity contribution in [3.8, 4) is 0 Å². The average Bonchev–Trinajstić information content (AvgIpc) is 3.63. The van der Waals surface area contributed by atoms with E-state index in [0.717, 1.165) is 17.5 Å². The van der Waals surface area contributed by atoms with E-state index in [0.29, 0.717) is 92.5 Å². The lowest BCUT2D eigenvalue weighted by Crippen LogP contribution is -2.15. The van der Waals surface area contributed by atoms with Crippen LogP contribution in [0, 0.1) is 11.8 Å². The molecule has 0 saturated heterocycles. The van der Waals surface area contributed by atoms with Crippen molar-refractivity contribution >= 4 is 5.97 Å². The number of hydrogen-bond donors (Lipinski definition) is 0. The van der Waals surface area contributed by atoms with Gasteiger partial charge >= 0.3 is 5.97 Å². The molecule has 0 unspecified atom stereocenters. The molecule has 0 amide bonds. The Kier molecular flexibility index (Phi) is 13.5. The Hall–Kier alpha value is -1.59. The van der Waals surface area contributed by atoms with Crippen LogP contribution >= 0.6 is 0 Å². The fourth-order valence-corrected chi connectivity index (χ4v) is 3.45. The van der Waals surface area contributed by atoms with Crippen LogP contribution in [0.5, 0.6) is 0 Å². The standard InChI is InChI=1S/C25H38O9/c26-25-24-17-23(24)19-33-16-14-31-12-10-29-8-6-27-5-7-28-9-11-30-13-15-32-18-21-3-1-2-4-22(21)20-34-25/h1-4,23-24H,5-20H2/t23-,24-/m0/s1. The summed E-state index contributed by atoms with van der Waals surface area (Å²) in [5.74, 6) is -0.00921. The lowest BCUT2D eigenvalue weighted by atomic mass is 10.1. The van der Waals surface area contributed by atoms with Gasteiger partial charge in [-0.15, -0.1) is 0 Å². The number of benzene rings is 1. The van der Waals surface area contributed by atoms with E-state index in [9.17, 15) is 4.79 Å². The topological polar surface area (TPSA) is 90.9 Å². The summed E-state index contributed by atoms with van der Waals surface area (Å²) in [7, 11) is 0. The van der Waals surface area contributed by atoms with Gasteiger partial charge in [-0.05, 0) is 23.5 Å². The Balaban J connectivity index is 1.38. The minimum absolute atomic E-state index is 0.0760. The number of carbonyl (C=O) groups excluding carboxylic acids is 1. The molecule has 1 aliphatic carbocycles. The average molecular weight is 483 g/mol. The summed E-state index contributed by atoms with van der Waals surface area (Å²) in [5.41, 5.74) is 1.96. The van der Waals surface area contributed by atoms with Crippen LogP contribution in [0.3, 0.4) is 0 Å². The zero-order valence-corrected chi connectivity index (χ0v) is 20.0. The van der Waals surface area contributed by atoms with Crippen molar-refractivity contribution in [1.82, 2.24) is 0 Å². The summed E-state index contributed by atoms with van der Waals surface area (Å²) in [6.45, 7) is 7.33. The molecule has 34 heavy (non-hydrogen) atoms. The molecule has 2 atom stereocenters. The van der Waals surface area contributed by atoms with Gasteiger partial charge in [-0.3, -0.25) is 4.79 Å². The smallest absolute Gasteiger partial charge is 0.309 e. The van der Waals surface area contributed by atoms with E-state index >= 15 is 0 Å². The van der Waals surface area contributed by atoms with Crippen LogP contribution in [0.2, 0.25) is 0 Å². The van der Waals surface area contributed by atoms with Crippen molar-refractivity contribution < 1.29 is 42.7 Å². The number of ether oxygens (including phenoxy) is 8. The van der Waals surface area contributed by atoms with Gasteiger partial charge in [0.15, 0.2) is 0 Å². The van der Waals surface area contributed by atoms with Crippen LogP contribution in [0.1, 0.15) is 17.5 Å². The van der Waals surface area contributed by atoms with Gasteiger partial charge in [0, 0.05) is 0 Å². The van der Waals surface area contributed by atoms with Crippen LogP contribution in [0.4, 0.5) is 0 Å². The number of rotatable bonds is 0. The highest BCUT2D eigenvalue weighted by atomic mass is 16.6. The van der Waals surface area contributed by atoms with Gasteiger partial charge in [-0.25, -0.2) is 0 Å². The highest BCUT2D eigenvalue weighted by molar-refractivity contribution is 5.75.